The molecule has 1 aliphatic heterocycles. The van der Waals surface area contributed by atoms with E-state index in [2.05, 4.69) is 18.0 Å². The van der Waals surface area contributed by atoms with Crippen molar-refractivity contribution in [3.8, 4) is 0 Å². The van der Waals surface area contributed by atoms with Gasteiger partial charge in [-0.2, -0.15) is 0 Å². The Morgan fingerprint density at radius 3 is 2.60 bits per heavy atom. The van der Waals surface area contributed by atoms with Crippen LogP contribution in [0.1, 0.15) is 35.3 Å². The molecular weight excluding hydrogens is 322 g/mol. The molecule has 3 rings (SSSR count). The largest absolute Gasteiger partial charge is 0.368 e. The zero-order valence-electron chi connectivity index (χ0n) is 14.7. The number of hydrogen-bond acceptors (Lipinski definition) is 2. The van der Waals surface area contributed by atoms with Crippen LogP contribution < -0.4 is 0 Å². The standard InChI is InChI=1S/C20H22F2N2O/c1-4-24(3)12-23-19-10-14-5-6-25-20(18(14)7-13(19)2)15-8-16(21)11-17(22)9-15/h7-12,20H,4-6H2,1-3H3/b23-12+. The minimum atomic E-state index is -0.591. The molecule has 0 bridgehead atoms. The maximum absolute atomic E-state index is 13.6. The van der Waals surface area contributed by atoms with Gasteiger partial charge in [0.2, 0.25) is 0 Å². The maximum atomic E-state index is 13.6. The first-order valence-electron chi connectivity index (χ1n) is 8.43. The SMILES string of the molecule is CCN(C)/C=N/c1cc2c(cc1C)C(c1cc(F)cc(F)c1)OCC2. The Bertz CT molecular complexity index is 784. The summed E-state index contributed by atoms with van der Waals surface area (Å²) in [4.78, 5) is 6.55. The van der Waals surface area contributed by atoms with Crippen LogP contribution >= 0.6 is 0 Å². The zero-order chi connectivity index (χ0) is 18.0. The summed E-state index contributed by atoms with van der Waals surface area (Å²) in [5, 5.41) is 0. The predicted molar refractivity (Wildman–Crippen MR) is 95.5 cm³/mol. The van der Waals surface area contributed by atoms with Gasteiger partial charge in [0.25, 0.3) is 0 Å². The van der Waals surface area contributed by atoms with Gasteiger partial charge >= 0.3 is 0 Å². The average Bonchev–Trinajstić information content (AvgIpc) is 2.58. The Labute approximate surface area is 147 Å². The summed E-state index contributed by atoms with van der Waals surface area (Å²) in [6.07, 6.45) is 2.12. The average molecular weight is 344 g/mol. The highest BCUT2D eigenvalue weighted by Crippen LogP contribution is 2.36. The van der Waals surface area contributed by atoms with E-state index in [4.69, 9.17) is 4.74 Å². The second-order valence-electron chi connectivity index (χ2n) is 6.36. The molecule has 1 atom stereocenters. The van der Waals surface area contributed by atoms with Crippen molar-refractivity contribution in [1.82, 2.24) is 4.90 Å². The van der Waals surface area contributed by atoms with E-state index in [9.17, 15) is 8.78 Å². The van der Waals surface area contributed by atoms with Crippen molar-refractivity contribution < 1.29 is 13.5 Å². The van der Waals surface area contributed by atoms with Crippen LogP contribution in [0, 0.1) is 18.6 Å². The van der Waals surface area contributed by atoms with Gasteiger partial charge in [-0.05, 0) is 60.7 Å². The quantitative estimate of drug-likeness (QED) is 0.600. The van der Waals surface area contributed by atoms with Crippen molar-refractivity contribution in [1.29, 1.82) is 0 Å². The zero-order valence-corrected chi connectivity index (χ0v) is 14.7. The molecule has 0 saturated heterocycles. The van der Waals surface area contributed by atoms with Crippen molar-refractivity contribution in [2.75, 3.05) is 20.2 Å². The van der Waals surface area contributed by atoms with E-state index >= 15 is 0 Å². The summed E-state index contributed by atoms with van der Waals surface area (Å²) < 4.78 is 33.0. The van der Waals surface area contributed by atoms with Gasteiger partial charge in [-0.1, -0.05) is 6.07 Å². The van der Waals surface area contributed by atoms with E-state index in [1.165, 1.54) is 12.1 Å². The maximum Gasteiger partial charge on any atom is 0.126 e. The van der Waals surface area contributed by atoms with E-state index in [-0.39, 0.29) is 0 Å². The number of nitrogens with zero attached hydrogens (tertiary/aromatic N) is 2. The second-order valence-corrected chi connectivity index (χ2v) is 6.36. The van der Waals surface area contributed by atoms with Gasteiger partial charge in [-0.3, -0.25) is 0 Å². The highest BCUT2D eigenvalue weighted by atomic mass is 19.1. The molecule has 2 aromatic carbocycles. The number of rotatable bonds is 4. The van der Waals surface area contributed by atoms with Crippen LogP contribution in [0.25, 0.3) is 0 Å². The molecule has 3 nitrogen and oxygen atoms in total. The summed E-state index contributed by atoms with van der Waals surface area (Å²) in [6, 6.07) is 7.61. The molecule has 2 aromatic rings. The van der Waals surface area contributed by atoms with Crippen LogP contribution in [0.5, 0.6) is 0 Å². The van der Waals surface area contributed by atoms with Crippen molar-refractivity contribution in [2.24, 2.45) is 4.99 Å². The van der Waals surface area contributed by atoms with Gasteiger partial charge in [0.05, 0.1) is 18.6 Å². The van der Waals surface area contributed by atoms with Gasteiger partial charge in [0, 0.05) is 19.7 Å². The van der Waals surface area contributed by atoms with Gasteiger partial charge in [0.1, 0.15) is 17.7 Å². The molecule has 0 radical (unpaired) electrons. The van der Waals surface area contributed by atoms with Crippen LogP contribution in [0.3, 0.4) is 0 Å². The Morgan fingerprint density at radius 1 is 1.20 bits per heavy atom. The number of fused-ring (bicyclic) bond motifs is 1. The third kappa shape index (κ3) is 3.87. The third-order valence-electron chi connectivity index (χ3n) is 4.48. The van der Waals surface area contributed by atoms with E-state index in [0.29, 0.717) is 12.2 Å². The lowest BCUT2D eigenvalue weighted by Gasteiger charge is -2.27. The summed E-state index contributed by atoms with van der Waals surface area (Å²) in [7, 11) is 1.97. The van der Waals surface area contributed by atoms with Gasteiger partial charge in [-0.15, -0.1) is 0 Å². The molecule has 0 aliphatic carbocycles. The fraction of sp³-hybridized carbons (Fsp3) is 0.350. The molecule has 1 unspecified atom stereocenters. The van der Waals surface area contributed by atoms with Crippen molar-refractivity contribution >= 4 is 12.0 Å². The molecule has 0 spiro atoms. The van der Waals surface area contributed by atoms with E-state index in [0.717, 1.165) is 41.4 Å². The molecule has 1 heterocycles. The number of hydrogen-bond donors (Lipinski definition) is 0. The summed E-state index contributed by atoms with van der Waals surface area (Å²) in [5.74, 6) is -1.18. The number of aliphatic imine (C=N–C) groups is 1. The van der Waals surface area contributed by atoms with E-state index in [1.54, 1.807) is 0 Å². The smallest absolute Gasteiger partial charge is 0.126 e. The highest BCUT2D eigenvalue weighted by Gasteiger charge is 2.24. The summed E-state index contributed by atoms with van der Waals surface area (Å²) >= 11 is 0. The lowest BCUT2D eigenvalue weighted by Crippen LogP contribution is -2.18. The van der Waals surface area contributed by atoms with Crippen LogP contribution in [0.4, 0.5) is 14.5 Å². The van der Waals surface area contributed by atoms with Crippen molar-refractivity contribution in [3.05, 3.63) is 64.2 Å². The molecule has 1 aliphatic rings. The predicted octanol–water partition coefficient (Wildman–Crippen LogP) is 4.55. The van der Waals surface area contributed by atoms with Crippen molar-refractivity contribution in [2.45, 2.75) is 26.4 Å². The molecule has 25 heavy (non-hydrogen) atoms. The lowest BCUT2D eigenvalue weighted by molar-refractivity contribution is 0.0694. The Balaban J connectivity index is 1.99. The van der Waals surface area contributed by atoms with Crippen LogP contribution in [-0.4, -0.2) is 31.4 Å². The molecule has 0 fully saturated rings. The Morgan fingerprint density at radius 2 is 1.92 bits per heavy atom. The van der Waals surface area contributed by atoms with E-state index < -0.39 is 17.7 Å². The molecule has 0 aromatic heterocycles. The fourth-order valence-electron chi connectivity index (χ4n) is 2.98. The summed E-state index contributed by atoms with van der Waals surface area (Å²) in [5.41, 5.74) is 4.48. The first-order valence-corrected chi connectivity index (χ1v) is 8.43. The number of ether oxygens (including phenoxy) is 1. The second kappa shape index (κ2) is 7.31. The first-order chi connectivity index (χ1) is 12.0. The Hall–Kier alpha value is -2.27. The minimum absolute atomic E-state index is 0.455. The van der Waals surface area contributed by atoms with Gasteiger partial charge in [-0.25, -0.2) is 13.8 Å². The summed E-state index contributed by atoms with van der Waals surface area (Å²) in [6.45, 7) is 5.44. The Kier molecular flexibility index (Phi) is 5.13. The molecule has 5 heteroatoms. The monoisotopic (exact) mass is 344 g/mol. The topological polar surface area (TPSA) is 24.8 Å². The lowest BCUT2D eigenvalue weighted by atomic mass is 9.91. The molecule has 0 amide bonds. The van der Waals surface area contributed by atoms with Crippen LogP contribution in [0.2, 0.25) is 0 Å². The third-order valence-corrected chi connectivity index (χ3v) is 4.48. The number of benzene rings is 2. The molecular formula is C20H22F2N2O. The van der Waals surface area contributed by atoms with Crippen LogP contribution in [0.15, 0.2) is 35.3 Å². The fourth-order valence-corrected chi connectivity index (χ4v) is 2.98. The van der Waals surface area contributed by atoms with Gasteiger partial charge < -0.3 is 9.64 Å². The highest BCUT2D eigenvalue weighted by molar-refractivity contribution is 5.64. The molecule has 0 N–H and O–H groups in total. The number of halogens is 2. The molecule has 0 saturated carbocycles. The number of aryl methyl sites for hydroxylation is 1. The van der Waals surface area contributed by atoms with Crippen LogP contribution in [-0.2, 0) is 11.2 Å². The normalized spacial score (nSPS) is 16.9. The van der Waals surface area contributed by atoms with Gasteiger partial charge in [0.15, 0.2) is 0 Å². The minimum Gasteiger partial charge on any atom is -0.368 e. The molecule has 132 valence electrons. The first kappa shape index (κ1) is 17.5. The van der Waals surface area contributed by atoms with Crippen molar-refractivity contribution in [3.63, 3.8) is 0 Å². The van der Waals surface area contributed by atoms with E-state index in [1.807, 2.05) is 31.3 Å².